The predicted octanol–water partition coefficient (Wildman–Crippen LogP) is 8.77. The zero-order valence-electron chi connectivity index (χ0n) is 25.9. The molecule has 0 heterocycles. The van der Waals surface area contributed by atoms with E-state index in [2.05, 4.69) is 5.32 Å². The Morgan fingerprint density at radius 1 is 0.640 bits per heavy atom. The molecule has 0 atom stereocenters. The summed E-state index contributed by atoms with van der Waals surface area (Å²) in [4.78, 5) is 39.6. The van der Waals surface area contributed by atoms with Crippen LogP contribution in [0.2, 0.25) is 0 Å². The molecule has 0 spiro atoms. The zero-order valence-corrected chi connectivity index (χ0v) is 25.9. The monoisotopic (exact) mass is 688 g/mol. The fourth-order valence-corrected chi connectivity index (χ4v) is 6.23. The lowest BCUT2D eigenvalue weighted by Crippen LogP contribution is -2.50. The van der Waals surface area contributed by atoms with Crippen LogP contribution in [0.25, 0.3) is 22.3 Å². The van der Waals surface area contributed by atoms with Crippen molar-refractivity contribution in [3.63, 3.8) is 0 Å². The quantitative estimate of drug-likeness (QED) is 0.0970. The van der Waals surface area contributed by atoms with Crippen LogP contribution < -0.4 is 10.6 Å². The third-order valence-electron chi connectivity index (χ3n) is 8.49. The molecule has 0 fully saturated rings. The molecule has 5 aromatic rings. The van der Waals surface area contributed by atoms with Crippen LogP contribution in [0.5, 0.6) is 0 Å². The lowest BCUT2D eigenvalue weighted by molar-refractivity contribution is -0.172. The van der Waals surface area contributed by atoms with Crippen molar-refractivity contribution in [2.45, 2.75) is 24.3 Å². The normalized spacial score (nSPS) is 13.2. The number of carbonyl (C=O) groups is 3. The average molecular weight is 689 g/mol. The number of amides is 2. The Morgan fingerprint density at radius 2 is 1.18 bits per heavy atom. The maximum Gasteiger partial charge on any atom is 0.484 e. The van der Waals surface area contributed by atoms with Crippen LogP contribution >= 0.6 is 0 Å². The molecule has 1 aliphatic rings. The van der Waals surface area contributed by atoms with E-state index in [-0.39, 0.29) is 17.5 Å². The molecule has 1 aliphatic carbocycles. The van der Waals surface area contributed by atoms with Crippen LogP contribution in [0.3, 0.4) is 0 Å². The number of esters is 1. The van der Waals surface area contributed by atoms with Gasteiger partial charge in [0.15, 0.2) is 0 Å². The first-order valence-electron chi connectivity index (χ1n) is 15.2. The van der Waals surface area contributed by atoms with Crippen molar-refractivity contribution in [3.8, 4) is 22.3 Å². The second-order valence-electron chi connectivity index (χ2n) is 11.5. The maximum atomic E-state index is 13.4. The van der Waals surface area contributed by atoms with E-state index in [1.165, 1.54) is 42.5 Å². The van der Waals surface area contributed by atoms with Gasteiger partial charge in [0.25, 0.3) is 5.91 Å². The van der Waals surface area contributed by atoms with Gasteiger partial charge in [0.2, 0.25) is 5.91 Å². The minimum absolute atomic E-state index is 0.0779. The lowest BCUT2D eigenvalue weighted by Gasteiger charge is -2.31. The molecule has 6 nitrogen and oxygen atoms in total. The first kappa shape index (κ1) is 34.0. The highest BCUT2D eigenvalue weighted by atomic mass is 19.4. The van der Waals surface area contributed by atoms with Gasteiger partial charge in [0.1, 0.15) is 5.41 Å². The average Bonchev–Trinajstić information content (AvgIpc) is 3.38. The van der Waals surface area contributed by atoms with E-state index in [0.717, 1.165) is 17.4 Å². The molecule has 254 valence electrons. The molecule has 0 aromatic heterocycles. The molecule has 2 amide bonds. The minimum Gasteiger partial charge on any atom is -0.462 e. The Bertz CT molecular complexity index is 2030. The number of carbonyl (C=O) groups excluding carboxylic acids is 3. The van der Waals surface area contributed by atoms with E-state index in [9.17, 15) is 40.7 Å². The number of anilines is 1. The molecule has 0 saturated carbocycles. The van der Waals surface area contributed by atoms with Crippen molar-refractivity contribution in [2.75, 3.05) is 11.9 Å². The molecule has 0 aliphatic heterocycles. The van der Waals surface area contributed by atoms with E-state index < -0.39 is 47.8 Å². The highest BCUT2D eigenvalue weighted by Gasteiger charge is 2.51. The van der Waals surface area contributed by atoms with Gasteiger partial charge in [0.05, 0.1) is 17.7 Å². The summed E-state index contributed by atoms with van der Waals surface area (Å²) in [6.45, 7) is -0.397. The number of nitrogens with one attached hydrogen (secondary N) is 2. The summed E-state index contributed by atoms with van der Waals surface area (Å²) in [5.41, 5.74) is 0.725. The summed E-state index contributed by atoms with van der Waals surface area (Å²) in [7, 11) is 0. The molecule has 0 unspecified atom stereocenters. The fourth-order valence-electron chi connectivity index (χ4n) is 6.23. The standard InChI is InChI=1S/C38H26F6N2O4/c39-37(40,41)25-17-13-23(14-18-25)27-7-1-2-10-30(27)33(47)45-26-19-15-24(16-20-26)34(48)50-22-21-36(35(49)46-38(42,43)44)31-11-5-3-8-28(31)29-9-4-6-12-32(29)36/h1-20H,21-22H2,(H,45,47)(H,46,49). The number of hydrogen-bond acceptors (Lipinski definition) is 4. The van der Waals surface area contributed by atoms with Gasteiger partial charge in [-0.3, -0.25) is 14.9 Å². The Morgan fingerprint density at radius 3 is 1.74 bits per heavy atom. The third-order valence-corrected chi connectivity index (χ3v) is 8.49. The molecule has 6 rings (SSSR count). The Hall–Kier alpha value is -5.91. The van der Waals surface area contributed by atoms with Crippen molar-refractivity contribution in [1.82, 2.24) is 5.32 Å². The van der Waals surface area contributed by atoms with Gasteiger partial charge in [-0.15, -0.1) is 0 Å². The Labute approximate surface area is 281 Å². The van der Waals surface area contributed by atoms with Crippen molar-refractivity contribution in [1.29, 1.82) is 0 Å². The highest BCUT2D eigenvalue weighted by Crippen LogP contribution is 2.51. The minimum atomic E-state index is -4.99. The van der Waals surface area contributed by atoms with Gasteiger partial charge < -0.3 is 10.1 Å². The molecular weight excluding hydrogens is 662 g/mol. The first-order valence-corrected chi connectivity index (χ1v) is 15.2. The van der Waals surface area contributed by atoms with Gasteiger partial charge in [0, 0.05) is 17.7 Å². The van der Waals surface area contributed by atoms with Crippen LogP contribution in [0.4, 0.5) is 32.0 Å². The summed E-state index contributed by atoms with van der Waals surface area (Å²) in [6, 6.07) is 29.8. The summed E-state index contributed by atoms with van der Waals surface area (Å²) >= 11 is 0. The topological polar surface area (TPSA) is 84.5 Å². The van der Waals surface area contributed by atoms with E-state index in [1.807, 2.05) is 0 Å². The van der Waals surface area contributed by atoms with Crippen LogP contribution in [-0.2, 0) is 21.1 Å². The largest absolute Gasteiger partial charge is 0.484 e. The second-order valence-corrected chi connectivity index (χ2v) is 11.5. The van der Waals surface area contributed by atoms with E-state index >= 15 is 0 Å². The van der Waals surface area contributed by atoms with Crippen LogP contribution in [0.15, 0.2) is 121 Å². The summed E-state index contributed by atoms with van der Waals surface area (Å²) < 4.78 is 84.8. The molecule has 5 aromatic carbocycles. The van der Waals surface area contributed by atoms with Crippen molar-refractivity contribution >= 4 is 23.5 Å². The lowest BCUT2D eigenvalue weighted by atomic mass is 9.74. The molecule has 50 heavy (non-hydrogen) atoms. The van der Waals surface area contributed by atoms with E-state index in [4.69, 9.17) is 4.74 Å². The van der Waals surface area contributed by atoms with Crippen LogP contribution in [0, 0.1) is 0 Å². The van der Waals surface area contributed by atoms with Crippen molar-refractivity contribution < 1.29 is 45.5 Å². The number of halogens is 6. The number of hydrogen-bond donors (Lipinski definition) is 2. The summed E-state index contributed by atoms with van der Waals surface area (Å²) in [5, 5.41) is 3.85. The molecule has 0 bridgehead atoms. The van der Waals surface area contributed by atoms with Crippen LogP contribution in [-0.4, -0.2) is 30.7 Å². The highest BCUT2D eigenvalue weighted by molar-refractivity contribution is 6.09. The zero-order chi connectivity index (χ0) is 35.7. The number of ether oxygens (including phenoxy) is 1. The number of fused-ring (bicyclic) bond motifs is 3. The van der Waals surface area contributed by atoms with Gasteiger partial charge >= 0.3 is 18.4 Å². The SMILES string of the molecule is O=C(OCCC1(C(=O)NC(F)(F)F)c2ccccc2-c2ccccc21)c1ccc(NC(=O)c2ccccc2-c2ccc(C(F)(F)F)cc2)cc1. The van der Waals surface area contributed by atoms with Crippen LogP contribution in [0.1, 0.15) is 43.8 Å². The van der Waals surface area contributed by atoms with Crippen molar-refractivity contribution in [3.05, 3.63) is 149 Å². The van der Waals surface area contributed by atoms with E-state index in [1.54, 1.807) is 66.7 Å². The van der Waals surface area contributed by atoms with E-state index in [0.29, 0.717) is 39.1 Å². The molecular formula is C38H26F6N2O4. The summed E-state index contributed by atoms with van der Waals surface area (Å²) in [5.74, 6) is -2.64. The molecule has 12 heteroatoms. The van der Waals surface area contributed by atoms with Gasteiger partial charge in [-0.1, -0.05) is 78.9 Å². The Balaban J connectivity index is 1.15. The molecule has 0 saturated heterocycles. The van der Waals surface area contributed by atoms with Gasteiger partial charge in [-0.2, -0.15) is 26.3 Å². The number of alkyl halides is 6. The Kier molecular flexibility index (Phi) is 8.96. The van der Waals surface area contributed by atoms with Crippen molar-refractivity contribution in [2.24, 2.45) is 0 Å². The third kappa shape index (κ3) is 6.69. The number of benzene rings is 5. The smallest absolute Gasteiger partial charge is 0.462 e. The molecule has 0 radical (unpaired) electrons. The fraction of sp³-hybridized carbons (Fsp3) is 0.132. The second kappa shape index (κ2) is 13.2. The maximum absolute atomic E-state index is 13.4. The first-order chi connectivity index (χ1) is 23.8. The molecule has 2 N–H and O–H groups in total. The predicted molar refractivity (Wildman–Crippen MR) is 173 cm³/mol. The van der Waals surface area contributed by atoms with Gasteiger partial charge in [-0.25, -0.2) is 4.79 Å². The van der Waals surface area contributed by atoms with Gasteiger partial charge in [-0.05, 0) is 75.8 Å². The number of rotatable bonds is 8. The summed E-state index contributed by atoms with van der Waals surface area (Å²) in [6.07, 6.45) is -9.77.